The first-order valence-corrected chi connectivity index (χ1v) is 5.67. The van der Waals surface area contributed by atoms with Crippen molar-refractivity contribution in [2.45, 2.75) is 32.2 Å². The minimum Gasteiger partial charge on any atom is -0.395 e. The fourth-order valence-corrected chi connectivity index (χ4v) is 1.58. The largest absolute Gasteiger partial charge is 0.395 e. The number of nitrogens with one attached hydrogen (secondary N) is 1. The lowest BCUT2D eigenvalue weighted by Gasteiger charge is -2.18. The van der Waals surface area contributed by atoms with E-state index in [-0.39, 0.29) is 12.6 Å². The highest BCUT2D eigenvalue weighted by Gasteiger charge is 2.08. The van der Waals surface area contributed by atoms with Crippen LogP contribution < -0.4 is 5.32 Å². The summed E-state index contributed by atoms with van der Waals surface area (Å²) in [6, 6.07) is 10.7. The lowest BCUT2D eigenvalue weighted by molar-refractivity contribution is 0.238. The van der Waals surface area contributed by atoms with Gasteiger partial charge in [0.15, 0.2) is 0 Å². The van der Waals surface area contributed by atoms with E-state index in [4.69, 9.17) is 5.11 Å². The van der Waals surface area contributed by atoms with E-state index in [0.29, 0.717) is 5.92 Å². The molecule has 1 rings (SSSR count). The van der Waals surface area contributed by atoms with Gasteiger partial charge >= 0.3 is 0 Å². The fourth-order valence-electron chi connectivity index (χ4n) is 1.58. The van der Waals surface area contributed by atoms with Crippen molar-refractivity contribution in [3.05, 3.63) is 35.9 Å². The zero-order valence-corrected chi connectivity index (χ0v) is 9.61. The maximum atomic E-state index is 9.05. The number of aliphatic hydroxyl groups excluding tert-OH is 1. The first kappa shape index (κ1) is 12.2. The number of benzene rings is 1. The van der Waals surface area contributed by atoms with Crippen LogP contribution in [0.25, 0.3) is 0 Å². The molecule has 0 aliphatic carbocycles. The van der Waals surface area contributed by atoms with Crippen LogP contribution in [0.2, 0.25) is 0 Å². The lowest BCUT2D eigenvalue weighted by atomic mass is 10.0. The molecule has 1 aromatic rings. The number of aliphatic hydroxyl groups is 1. The van der Waals surface area contributed by atoms with Crippen LogP contribution in [0.4, 0.5) is 0 Å². The van der Waals surface area contributed by atoms with E-state index in [1.807, 2.05) is 6.07 Å². The van der Waals surface area contributed by atoms with E-state index in [9.17, 15) is 0 Å². The van der Waals surface area contributed by atoms with Gasteiger partial charge < -0.3 is 10.4 Å². The molecular formula is C13H21NO. The van der Waals surface area contributed by atoms with Gasteiger partial charge in [0.2, 0.25) is 0 Å². The summed E-state index contributed by atoms with van der Waals surface area (Å²) in [6.45, 7) is 5.43. The van der Waals surface area contributed by atoms with Crippen LogP contribution in [-0.2, 0) is 0 Å². The summed E-state index contributed by atoms with van der Waals surface area (Å²) in [7, 11) is 0. The van der Waals surface area contributed by atoms with E-state index in [1.54, 1.807) is 0 Å². The molecule has 2 N–H and O–H groups in total. The Bertz CT molecular complexity index is 256. The van der Waals surface area contributed by atoms with Gasteiger partial charge in [0.1, 0.15) is 0 Å². The molecule has 15 heavy (non-hydrogen) atoms. The van der Waals surface area contributed by atoms with Gasteiger partial charge in [0.25, 0.3) is 0 Å². The third-order valence-corrected chi connectivity index (χ3v) is 2.79. The summed E-state index contributed by atoms with van der Waals surface area (Å²) in [5, 5.41) is 12.4. The Labute approximate surface area is 92.3 Å². The molecule has 0 heterocycles. The monoisotopic (exact) mass is 207 g/mol. The molecule has 2 heteroatoms. The molecule has 2 atom stereocenters. The minimum absolute atomic E-state index is 0.220. The highest BCUT2D eigenvalue weighted by Crippen LogP contribution is 2.13. The van der Waals surface area contributed by atoms with Crippen LogP contribution in [0.15, 0.2) is 30.3 Å². The molecule has 0 fully saturated rings. The van der Waals surface area contributed by atoms with Crippen LogP contribution in [0.5, 0.6) is 0 Å². The molecule has 0 amide bonds. The van der Waals surface area contributed by atoms with Crippen molar-refractivity contribution < 1.29 is 5.11 Å². The Balaban J connectivity index is 2.39. The van der Waals surface area contributed by atoms with Gasteiger partial charge in [-0.1, -0.05) is 44.2 Å². The van der Waals surface area contributed by atoms with Crippen molar-refractivity contribution in [3.8, 4) is 0 Å². The second kappa shape index (κ2) is 6.59. The standard InChI is InChI=1S/C13H21NO/c1-3-13(10-15)14-9-11(2)12-7-5-4-6-8-12/h4-8,11,13-15H,3,9-10H2,1-2H3. The number of rotatable bonds is 6. The number of hydrogen-bond acceptors (Lipinski definition) is 2. The van der Waals surface area contributed by atoms with Gasteiger partial charge in [-0.2, -0.15) is 0 Å². The highest BCUT2D eigenvalue weighted by atomic mass is 16.3. The van der Waals surface area contributed by atoms with Gasteiger partial charge in [0, 0.05) is 12.6 Å². The SMILES string of the molecule is CCC(CO)NCC(C)c1ccccc1. The molecule has 0 aliphatic rings. The Morgan fingerprint density at radius 1 is 1.27 bits per heavy atom. The molecule has 0 radical (unpaired) electrons. The first-order valence-electron chi connectivity index (χ1n) is 5.67. The average molecular weight is 207 g/mol. The quantitative estimate of drug-likeness (QED) is 0.749. The van der Waals surface area contributed by atoms with Crippen molar-refractivity contribution in [3.63, 3.8) is 0 Å². The second-order valence-corrected chi connectivity index (χ2v) is 4.01. The summed E-state index contributed by atoms with van der Waals surface area (Å²) in [5.74, 6) is 0.492. The predicted molar refractivity (Wildman–Crippen MR) is 64.0 cm³/mol. The Morgan fingerprint density at radius 2 is 1.93 bits per heavy atom. The molecule has 84 valence electrons. The number of hydrogen-bond donors (Lipinski definition) is 2. The first-order chi connectivity index (χ1) is 7.27. The van der Waals surface area contributed by atoms with E-state index in [0.717, 1.165) is 13.0 Å². The maximum absolute atomic E-state index is 9.05. The fraction of sp³-hybridized carbons (Fsp3) is 0.538. The molecule has 0 aromatic heterocycles. The van der Waals surface area contributed by atoms with Crippen LogP contribution in [-0.4, -0.2) is 24.3 Å². The van der Waals surface area contributed by atoms with E-state index < -0.39 is 0 Å². The average Bonchev–Trinajstić information content (AvgIpc) is 2.31. The lowest BCUT2D eigenvalue weighted by Crippen LogP contribution is -2.34. The zero-order chi connectivity index (χ0) is 11.1. The van der Waals surface area contributed by atoms with Crippen molar-refractivity contribution in [2.75, 3.05) is 13.2 Å². The normalized spacial score (nSPS) is 14.9. The predicted octanol–water partition coefficient (Wildman–Crippen LogP) is 2.15. The maximum Gasteiger partial charge on any atom is 0.0584 e. The topological polar surface area (TPSA) is 32.3 Å². The smallest absolute Gasteiger partial charge is 0.0584 e. The Hall–Kier alpha value is -0.860. The van der Waals surface area contributed by atoms with Gasteiger partial charge in [0.05, 0.1) is 6.61 Å². The summed E-state index contributed by atoms with van der Waals surface area (Å²) in [5.41, 5.74) is 1.35. The summed E-state index contributed by atoms with van der Waals surface area (Å²) < 4.78 is 0. The zero-order valence-electron chi connectivity index (χ0n) is 9.61. The molecule has 2 nitrogen and oxygen atoms in total. The third kappa shape index (κ3) is 4.02. The highest BCUT2D eigenvalue weighted by molar-refractivity contribution is 5.18. The van der Waals surface area contributed by atoms with E-state index >= 15 is 0 Å². The van der Waals surface area contributed by atoms with Crippen molar-refractivity contribution in [2.24, 2.45) is 0 Å². The Kier molecular flexibility index (Phi) is 5.37. The molecule has 0 saturated heterocycles. The van der Waals surface area contributed by atoms with Crippen LogP contribution >= 0.6 is 0 Å². The van der Waals surface area contributed by atoms with Gasteiger partial charge in [-0.25, -0.2) is 0 Å². The third-order valence-electron chi connectivity index (χ3n) is 2.79. The summed E-state index contributed by atoms with van der Waals surface area (Å²) >= 11 is 0. The Morgan fingerprint density at radius 3 is 2.47 bits per heavy atom. The molecule has 0 saturated carbocycles. The molecule has 0 spiro atoms. The summed E-state index contributed by atoms with van der Waals surface area (Å²) in [4.78, 5) is 0. The molecule has 1 aromatic carbocycles. The van der Waals surface area contributed by atoms with E-state index in [2.05, 4.69) is 43.4 Å². The van der Waals surface area contributed by atoms with Crippen molar-refractivity contribution in [1.82, 2.24) is 5.32 Å². The minimum atomic E-state index is 0.220. The molecular weight excluding hydrogens is 186 g/mol. The molecule has 2 unspecified atom stereocenters. The second-order valence-electron chi connectivity index (χ2n) is 4.01. The van der Waals surface area contributed by atoms with Gasteiger partial charge in [-0.3, -0.25) is 0 Å². The van der Waals surface area contributed by atoms with Gasteiger partial charge in [-0.15, -0.1) is 0 Å². The van der Waals surface area contributed by atoms with Crippen LogP contribution in [0, 0.1) is 0 Å². The van der Waals surface area contributed by atoms with Crippen molar-refractivity contribution in [1.29, 1.82) is 0 Å². The van der Waals surface area contributed by atoms with E-state index in [1.165, 1.54) is 5.56 Å². The van der Waals surface area contributed by atoms with Gasteiger partial charge in [-0.05, 0) is 17.9 Å². The van der Waals surface area contributed by atoms with Crippen molar-refractivity contribution >= 4 is 0 Å². The van der Waals surface area contributed by atoms with Crippen LogP contribution in [0.3, 0.4) is 0 Å². The molecule has 0 aliphatic heterocycles. The summed E-state index contributed by atoms with van der Waals surface area (Å²) in [6.07, 6.45) is 0.970. The molecule has 0 bridgehead atoms. The van der Waals surface area contributed by atoms with Crippen LogP contribution in [0.1, 0.15) is 31.7 Å².